The summed E-state index contributed by atoms with van der Waals surface area (Å²) in [6.07, 6.45) is 71.1. The van der Waals surface area contributed by atoms with Crippen LogP contribution in [0.15, 0.2) is 0 Å². The van der Waals surface area contributed by atoms with Crippen molar-refractivity contribution in [2.45, 2.75) is 515 Å². The van der Waals surface area contributed by atoms with E-state index in [9.17, 15) is 29.1 Å². The largest absolute Gasteiger partial charge is 0.469 e. The molecule has 0 bridgehead atoms. The highest BCUT2D eigenvalue weighted by molar-refractivity contribution is 9.20. The number of unbranched alkanes of at least 4 members (excludes halogenated alkanes) is 45. The van der Waals surface area contributed by atoms with Gasteiger partial charge in [0.05, 0.1) is 17.5 Å². The van der Waals surface area contributed by atoms with Crippen LogP contribution in [0.5, 0.6) is 0 Å². The minimum absolute atomic E-state index is 0. The number of likely N-dealkylation sites (N-methyl/N-ethyl adjacent to an activating group) is 2. The molecule has 0 rings (SSSR count). The Hall–Kier alpha value is -0.840. The second-order valence-electron chi connectivity index (χ2n) is 33.4. The number of esters is 4. The first-order chi connectivity index (χ1) is 49.5. The molecule has 0 heterocycles. The summed E-state index contributed by atoms with van der Waals surface area (Å²) in [5, 5.41) is 9.54. The Morgan fingerprint density at radius 3 is 0.670 bits per heavy atom. The normalized spacial score (nSPS) is 12.6. The van der Waals surface area contributed by atoms with E-state index in [0.29, 0.717) is 6.42 Å². The van der Waals surface area contributed by atoms with Gasteiger partial charge in [-0.2, -0.15) is 0 Å². The summed E-state index contributed by atoms with van der Waals surface area (Å²) in [5.41, 5.74) is -1.48. The van der Waals surface area contributed by atoms with Crippen molar-refractivity contribution in [3.63, 3.8) is 0 Å². The molecule has 0 aliphatic heterocycles. The van der Waals surface area contributed by atoms with E-state index in [2.05, 4.69) is 87.1 Å². The number of carbonyl (C=O) groups excluding carboxylic acids is 5. The SMILES string of the molecule is CC(Br)C(=O)Br.CCCCCCCCCCCCC(=O)OC.CCCCCCCCCCCCC(C)(C)O.CCCCCCCCCCCCC(C)(C)OC(=O)C(C)Br.CCCCCCCCCCCCC(C)(C)OC(=O)C(C)N(C)C.CCCCCCCCCCCCC(C)(C)OC(=O)C(C)N(C)C.Cl. The van der Waals surface area contributed by atoms with E-state index in [0.717, 1.165) is 51.4 Å². The van der Waals surface area contributed by atoms with Crippen LogP contribution in [0.1, 0.15) is 471 Å². The predicted octanol–water partition coefficient (Wildman–Crippen LogP) is 29.2. The van der Waals surface area contributed by atoms with Gasteiger partial charge in [0.1, 0.15) is 33.7 Å². The van der Waals surface area contributed by atoms with Crippen molar-refractivity contribution in [1.82, 2.24) is 9.80 Å². The fourth-order valence-corrected chi connectivity index (χ4v) is 11.8. The van der Waals surface area contributed by atoms with E-state index in [1.807, 2.05) is 107 Å². The molecule has 106 heavy (non-hydrogen) atoms. The zero-order valence-corrected chi connectivity index (χ0v) is 79.8. The Balaban J connectivity index is -0.000000227. The van der Waals surface area contributed by atoms with E-state index < -0.39 is 5.60 Å². The van der Waals surface area contributed by atoms with Gasteiger partial charge in [0.2, 0.25) is 4.69 Å². The highest BCUT2D eigenvalue weighted by atomic mass is 79.9. The molecule has 4 unspecified atom stereocenters. The zero-order chi connectivity index (χ0) is 81.1. The Labute approximate surface area is 692 Å². The second-order valence-corrected chi connectivity index (χ2v) is 36.9. The third kappa shape index (κ3) is 99.2. The minimum atomic E-state index is -0.458. The monoisotopic (exact) mass is 1720 g/mol. The number of alkyl halides is 2. The number of rotatable bonds is 64. The van der Waals surface area contributed by atoms with Gasteiger partial charge in [0.25, 0.3) is 0 Å². The van der Waals surface area contributed by atoms with E-state index in [4.69, 9.17) is 14.2 Å². The summed E-state index contributed by atoms with van der Waals surface area (Å²) < 4.78 is 21.4. The van der Waals surface area contributed by atoms with Gasteiger partial charge in [-0.15, -0.1) is 12.4 Å². The molecule has 12 nitrogen and oxygen atoms in total. The maximum atomic E-state index is 12.0. The summed E-state index contributed by atoms with van der Waals surface area (Å²) in [7, 11) is 9.07. The number of hydrogen-bond acceptors (Lipinski definition) is 12. The average Bonchev–Trinajstić information content (AvgIpc) is 0.892. The van der Waals surface area contributed by atoms with Crippen LogP contribution in [-0.2, 0) is 42.9 Å². The molecule has 4 atom stereocenters. The molecule has 0 saturated heterocycles. The van der Waals surface area contributed by atoms with Crippen LogP contribution in [0, 0.1) is 0 Å². The maximum absolute atomic E-state index is 12.0. The van der Waals surface area contributed by atoms with Gasteiger partial charge >= 0.3 is 23.9 Å². The van der Waals surface area contributed by atoms with Crippen molar-refractivity contribution in [3.05, 3.63) is 0 Å². The summed E-state index contributed by atoms with van der Waals surface area (Å²) in [6.45, 7) is 34.6. The molecule has 0 aliphatic rings. The number of halogens is 4. The molecule has 0 spiro atoms. The lowest BCUT2D eigenvalue weighted by atomic mass is 9.99. The quantitative estimate of drug-likeness (QED) is 0.0203. The van der Waals surface area contributed by atoms with Crippen LogP contribution in [0.2, 0.25) is 0 Å². The molecule has 0 saturated carbocycles. The third-order valence-corrected chi connectivity index (χ3v) is 21.6. The first-order valence-corrected chi connectivity index (χ1v) is 46.4. The highest BCUT2D eigenvalue weighted by Gasteiger charge is 2.28. The molecule has 0 aromatic rings. The maximum Gasteiger partial charge on any atom is 0.323 e. The Kier molecular flexibility index (Phi) is 93.4. The van der Waals surface area contributed by atoms with Crippen molar-refractivity contribution < 1.29 is 48.0 Å². The molecule has 0 fully saturated rings. The van der Waals surface area contributed by atoms with Gasteiger partial charge in [-0.1, -0.05) is 362 Å². The van der Waals surface area contributed by atoms with Gasteiger partial charge in [0.15, 0.2) is 0 Å². The van der Waals surface area contributed by atoms with E-state index >= 15 is 0 Å². The number of nitrogens with zero attached hydrogens (tertiary/aromatic N) is 2. The number of ether oxygens (including phenoxy) is 4. The predicted molar refractivity (Wildman–Crippen MR) is 475 cm³/mol. The standard InChI is InChI=1S/2C20H41NO2.C18H35BrO2.C15H32O.C14H28O2.C3H4Br2O.ClH/c2*1-7-8-9-10-11-12-13-14-15-16-17-20(3,4)23-19(22)18(2)21(5)6;1-5-6-7-8-9-10-11-12-13-14-15-18(3,4)21-17(20)16(2)19;1-4-5-6-7-8-9-10-11-12-13-14-15(2,3)16;1-3-4-5-6-7-8-9-10-11-12-13-14(15)16-2;1-2(4)3(5)6;/h2*18H,7-17H2,1-6H3;16H,5-15H2,1-4H3;16H,4-14H2,1-3H3;3-13H2,1-2H3;2H,1H3;1H. The molecular formula is C90H182Br3ClN2O10. The molecule has 1 N–H and O–H groups in total. The molecule has 0 aromatic carbocycles. The summed E-state index contributed by atoms with van der Waals surface area (Å²) in [5.74, 6) is -0.467. The van der Waals surface area contributed by atoms with Gasteiger partial charge in [-0.05, 0) is 179 Å². The molecular weight excluding hydrogens is 1540 g/mol. The number of methoxy groups -OCH3 is 1. The first-order valence-electron chi connectivity index (χ1n) is 43.8. The summed E-state index contributed by atoms with van der Waals surface area (Å²) in [6, 6.07) is -0.357. The lowest BCUT2D eigenvalue weighted by Gasteiger charge is -2.28. The van der Waals surface area contributed by atoms with Crippen molar-refractivity contribution in [2.24, 2.45) is 0 Å². The van der Waals surface area contributed by atoms with Crippen LogP contribution in [-0.4, -0.2) is 123 Å². The Bertz CT molecular complexity index is 1820. The van der Waals surface area contributed by atoms with Crippen LogP contribution < -0.4 is 0 Å². The highest BCUT2D eigenvalue weighted by Crippen LogP contribution is 2.25. The molecule has 0 amide bonds. The van der Waals surface area contributed by atoms with Gasteiger partial charge < -0.3 is 24.1 Å². The molecule has 0 aliphatic carbocycles. The van der Waals surface area contributed by atoms with Crippen molar-refractivity contribution >= 4 is 88.8 Å². The fourth-order valence-electron chi connectivity index (χ4n) is 11.7. The molecule has 16 heteroatoms. The summed E-state index contributed by atoms with van der Waals surface area (Å²) in [4.78, 5) is 59.9. The van der Waals surface area contributed by atoms with Crippen molar-refractivity contribution in [3.8, 4) is 0 Å². The Morgan fingerprint density at radius 2 is 0.500 bits per heavy atom. The van der Waals surface area contributed by atoms with Crippen molar-refractivity contribution in [2.75, 3.05) is 35.3 Å². The number of aliphatic hydroxyl groups is 1. The van der Waals surface area contributed by atoms with E-state index in [1.165, 1.54) is 302 Å². The number of carbonyl (C=O) groups is 5. The van der Waals surface area contributed by atoms with Crippen LogP contribution >= 0.6 is 60.2 Å². The number of hydrogen-bond donors (Lipinski definition) is 1. The average molecular weight is 1730 g/mol. The topological polar surface area (TPSA) is 149 Å². The van der Waals surface area contributed by atoms with Crippen LogP contribution in [0.4, 0.5) is 0 Å². The molecule has 0 radical (unpaired) electrons. The lowest BCUT2D eigenvalue weighted by Crippen LogP contribution is -2.39. The van der Waals surface area contributed by atoms with E-state index in [-0.39, 0.29) is 79.5 Å². The minimum Gasteiger partial charge on any atom is -0.469 e. The first kappa shape index (κ1) is 118. The zero-order valence-electron chi connectivity index (χ0n) is 74.3. The van der Waals surface area contributed by atoms with Gasteiger partial charge in [-0.3, -0.25) is 33.8 Å². The van der Waals surface area contributed by atoms with Gasteiger partial charge in [0, 0.05) is 6.42 Å². The fraction of sp³-hybridized carbons (Fsp3) is 0.944. The van der Waals surface area contributed by atoms with Gasteiger partial charge in [-0.25, -0.2) is 0 Å². The van der Waals surface area contributed by atoms with Crippen LogP contribution in [0.3, 0.4) is 0 Å². The smallest absolute Gasteiger partial charge is 0.323 e. The summed E-state index contributed by atoms with van der Waals surface area (Å²) >= 11 is 9.05. The molecule has 640 valence electrons. The molecule has 0 aromatic heterocycles. The van der Waals surface area contributed by atoms with Crippen LogP contribution in [0.25, 0.3) is 0 Å². The Morgan fingerprint density at radius 1 is 0.321 bits per heavy atom. The third-order valence-electron chi connectivity index (χ3n) is 19.5. The lowest BCUT2D eigenvalue weighted by molar-refractivity contribution is -0.163. The second kappa shape index (κ2) is 83.6. The van der Waals surface area contributed by atoms with E-state index in [1.54, 1.807) is 13.8 Å². The van der Waals surface area contributed by atoms with Crippen molar-refractivity contribution in [1.29, 1.82) is 0 Å².